The van der Waals surface area contributed by atoms with Gasteiger partial charge < -0.3 is 15.6 Å². The minimum atomic E-state index is -0.226. The third-order valence-electron chi connectivity index (χ3n) is 3.49. The van der Waals surface area contributed by atoms with Gasteiger partial charge in [-0.3, -0.25) is 4.98 Å². The smallest absolute Gasteiger partial charge is 0.138 e. The van der Waals surface area contributed by atoms with Crippen LogP contribution in [-0.2, 0) is 6.42 Å². The number of aliphatic hydroxyl groups excluding tert-OH is 1. The molecule has 112 valence electrons. The quantitative estimate of drug-likeness (QED) is 0.759. The number of rotatable bonds is 5. The number of hydrogen-bond acceptors (Lipinski definition) is 4. The van der Waals surface area contributed by atoms with Crippen LogP contribution in [0.1, 0.15) is 5.56 Å². The SMILES string of the molecule is NC(CO)Cc1ccc(Oc2ccnc3ccccc23)cc1. The third-order valence-corrected chi connectivity index (χ3v) is 3.49. The molecule has 3 aromatic rings. The Morgan fingerprint density at radius 2 is 1.82 bits per heavy atom. The fraction of sp³-hybridized carbons (Fsp3) is 0.167. The number of nitrogens with two attached hydrogens (primary N) is 1. The Morgan fingerprint density at radius 1 is 1.05 bits per heavy atom. The van der Waals surface area contributed by atoms with Gasteiger partial charge in [-0.25, -0.2) is 0 Å². The van der Waals surface area contributed by atoms with Crippen LogP contribution in [0.2, 0.25) is 0 Å². The highest BCUT2D eigenvalue weighted by molar-refractivity contribution is 5.84. The molecule has 0 spiro atoms. The molecule has 0 aliphatic heterocycles. The summed E-state index contributed by atoms with van der Waals surface area (Å²) in [5, 5.41) is 9.97. The lowest BCUT2D eigenvalue weighted by atomic mass is 10.1. The number of ether oxygens (including phenoxy) is 1. The van der Waals surface area contributed by atoms with Crippen LogP contribution >= 0.6 is 0 Å². The molecule has 3 N–H and O–H groups in total. The van der Waals surface area contributed by atoms with Crippen molar-refractivity contribution in [3.05, 3.63) is 66.4 Å². The van der Waals surface area contributed by atoms with E-state index < -0.39 is 0 Å². The molecular weight excluding hydrogens is 276 g/mol. The molecule has 0 radical (unpaired) electrons. The summed E-state index contributed by atoms with van der Waals surface area (Å²) in [6.45, 7) is -0.0126. The highest BCUT2D eigenvalue weighted by Crippen LogP contribution is 2.28. The summed E-state index contributed by atoms with van der Waals surface area (Å²) in [4.78, 5) is 4.32. The third kappa shape index (κ3) is 3.24. The summed E-state index contributed by atoms with van der Waals surface area (Å²) in [5.41, 5.74) is 7.73. The predicted molar refractivity (Wildman–Crippen MR) is 87.0 cm³/mol. The number of para-hydroxylation sites is 1. The number of aliphatic hydroxyl groups is 1. The summed E-state index contributed by atoms with van der Waals surface area (Å²) in [5.74, 6) is 1.54. The van der Waals surface area contributed by atoms with Gasteiger partial charge in [0.2, 0.25) is 0 Å². The van der Waals surface area contributed by atoms with Crippen molar-refractivity contribution >= 4 is 10.9 Å². The second-order valence-corrected chi connectivity index (χ2v) is 5.22. The molecular formula is C18H18N2O2. The summed E-state index contributed by atoms with van der Waals surface area (Å²) >= 11 is 0. The predicted octanol–water partition coefficient (Wildman–Crippen LogP) is 2.89. The lowest BCUT2D eigenvalue weighted by Gasteiger charge is -2.10. The fourth-order valence-electron chi connectivity index (χ4n) is 2.35. The van der Waals surface area contributed by atoms with Gasteiger partial charge in [-0.1, -0.05) is 24.3 Å². The first kappa shape index (κ1) is 14.5. The minimum Gasteiger partial charge on any atom is -0.457 e. The Bertz CT molecular complexity index is 751. The monoisotopic (exact) mass is 294 g/mol. The van der Waals surface area contributed by atoms with Crippen molar-refractivity contribution in [1.29, 1.82) is 0 Å². The van der Waals surface area contributed by atoms with Crippen LogP contribution in [0, 0.1) is 0 Å². The zero-order valence-corrected chi connectivity index (χ0v) is 12.1. The van der Waals surface area contributed by atoms with Gasteiger partial charge in [0.05, 0.1) is 12.1 Å². The van der Waals surface area contributed by atoms with Gasteiger partial charge in [0, 0.05) is 17.6 Å². The molecule has 1 aromatic heterocycles. The number of hydrogen-bond donors (Lipinski definition) is 2. The van der Waals surface area contributed by atoms with Crippen molar-refractivity contribution in [2.75, 3.05) is 6.61 Å². The number of benzene rings is 2. The standard InChI is InChI=1S/C18H18N2O2/c19-14(12-21)11-13-5-7-15(8-6-13)22-18-9-10-20-17-4-2-1-3-16(17)18/h1-10,14,21H,11-12,19H2. The van der Waals surface area contributed by atoms with Crippen LogP contribution in [0.25, 0.3) is 10.9 Å². The van der Waals surface area contributed by atoms with Crippen LogP contribution in [0.5, 0.6) is 11.5 Å². The van der Waals surface area contributed by atoms with Crippen molar-refractivity contribution in [1.82, 2.24) is 4.98 Å². The summed E-state index contributed by atoms with van der Waals surface area (Å²) in [6.07, 6.45) is 2.39. The van der Waals surface area contributed by atoms with Gasteiger partial charge in [-0.15, -0.1) is 0 Å². The maximum absolute atomic E-state index is 8.99. The summed E-state index contributed by atoms with van der Waals surface area (Å²) in [6, 6.07) is 17.3. The zero-order valence-electron chi connectivity index (χ0n) is 12.1. The Morgan fingerprint density at radius 3 is 2.59 bits per heavy atom. The van der Waals surface area contributed by atoms with E-state index in [1.165, 1.54) is 0 Å². The van der Waals surface area contributed by atoms with Crippen molar-refractivity contribution < 1.29 is 9.84 Å². The van der Waals surface area contributed by atoms with Crippen LogP contribution in [0.15, 0.2) is 60.8 Å². The average Bonchev–Trinajstić information content (AvgIpc) is 2.57. The topological polar surface area (TPSA) is 68.4 Å². The molecule has 0 aliphatic carbocycles. The first-order valence-electron chi connectivity index (χ1n) is 7.23. The van der Waals surface area contributed by atoms with Crippen LogP contribution in [-0.4, -0.2) is 22.7 Å². The summed E-state index contributed by atoms with van der Waals surface area (Å²) < 4.78 is 5.96. The molecule has 0 aliphatic rings. The van der Waals surface area contributed by atoms with Crippen LogP contribution in [0.3, 0.4) is 0 Å². The maximum atomic E-state index is 8.99. The van der Waals surface area contributed by atoms with Crippen molar-refractivity contribution in [2.24, 2.45) is 5.73 Å². The summed E-state index contributed by atoms with van der Waals surface area (Å²) in [7, 11) is 0. The Balaban J connectivity index is 1.80. The lowest BCUT2D eigenvalue weighted by molar-refractivity contribution is 0.265. The Kier molecular flexibility index (Phi) is 4.32. The molecule has 4 heteroatoms. The van der Waals surface area contributed by atoms with E-state index in [1.54, 1.807) is 6.20 Å². The highest BCUT2D eigenvalue weighted by atomic mass is 16.5. The molecule has 0 fully saturated rings. The van der Waals surface area contributed by atoms with E-state index in [0.717, 1.165) is 28.0 Å². The zero-order chi connectivity index (χ0) is 15.4. The van der Waals surface area contributed by atoms with E-state index in [0.29, 0.717) is 6.42 Å². The number of fused-ring (bicyclic) bond motifs is 1. The molecule has 0 saturated carbocycles. The molecule has 1 heterocycles. The molecule has 4 nitrogen and oxygen atoms in total. The minimum absolute atomic E-state index is 0.0126. The molecule has 0 amide bonds. The largest absolute Gasteiger partial charge is 0.457 e. The number of pyridine rings is 1. The second-order valence-electron chi connectivity index (χ2n) is 5.22. The van der Waals surface area contributed by atoms with Crippen molar-refractivity contribution in [3.8, 4) is 11.5 Å². The highest BCUT2D eigenvalue weighted by Gasteiger charge is 2.05. The van der Waals surface area contributed by atoms with E-state index >= 15 is 0 Å². The molecule has 0 saturated heterocycles. The van der Waals surface area contributed by atoms with Gasteiger partial charge in [0.15, 0.2) is 0 Å². The molecule has 2 aromatic carbocycles. The fourth-order valence-corrected chi connectivity index (χ4v) is 2.35. The van der Waals surface area contributed by atoms with E-state index in [9.17, 15) is 0 Å². The lowest BCUT2D eigenvalue weighted by Crippen LogP contribution is -2.26. The number of aromatic nitrogens is 1. The van der Waals surface area contributed by atoms with Gasteiger partial charge in [-0.05, 0) is 42.3 Å². The van der Waals surface area contributed by atoms with E-state index in [4.69, 9.17) is 15.6 Å². The van der Waals surface area contributed by atoms with Crippen LogP contribution in [0.4, 0.5) is 0 Å². The molecule has 1 atom stereocenters. The van der Waals surface area contributed by atoms with Gasteiger partial charge in [-0.2, -0.15) is 0 Å². The van der Waals surface area contributed by atoms with E-state index in [1.807, 2.05) is 54.6 Å². The Labute approximate surface area is 129 Å². The van der Waals surface area contributed by atoms with E-state index in [-0.39, 0.29) is 12.6 Å². The molecule has 22 heavy (non-hydrogen) atoms. The second kappa shape index (κ2) is 6.56. The normalized spacial score (nSPS) is 12.3. The van der Waals surface area contributed by atoms with Crippen molar-refractivity contribution in [2.45, 2.75) is 12.5 Å². The number of nitrogens with zero attached hydrogens (tertiary/aromatic N) is 1. The molecule has 1 unspecified atom stereocenters. The van der Waals surface area contributed by atoms with Crippen molar-refractivity contribution in [3.63, 3.8) is 0 Å². The maximum Gasteiger partial charge on any atom is 0.138 e. The average molecular weight is 294 g/mol. The van der Waals surface area contributed by atoms with E-state index in [2.05, 4.69) is 4.98 Å². The molecule has 0 bridgehead atoms. The first-order chi connectivity index (χ1) is 10.8. The first-order valence-corrected chi connectivity index (χ1v) is 7.23. The van der Waals surface area contributed by atoms with Gasteiger partial charge in [0.25, 0.3) is 0 Å². The molecule has 3 rings (SSSR count). The van der Waals surface area contributed by atoms with Gasteiger partial charge >= 0.3 is 0 Å². The van der Waals surface area contributed by atoms with Gasteiger partial charge in [0.1, 0.15) is 11.5 Å². The Hall–Kier alpha value is -2.43. The van der Waals surface area contributed by atoms with Crippen LogP contribution < -0.4 is 10.5 Å².